The van der Waals surface area contributed by atoms with Crippen LogP contribution in [0.15, 0.2) is 11.6 Å². The lowest BCUT2D eigenvalue weighted by Crippen LogP contribution is -2.30. The molecule has 0 unspecified atom stereocenters. The summed E-state index contributed by atoms with van der Waals surface area (Å²) in [4.78, 5) is 2.55. The number of hydrogen-bond acceptors (Lipinski definition) is 1. The molecule has 64 valence electrons. The van der Waals surface area contributed by atoms with E-state index >= 15 is 0 Å². The minimum atomic E-state index is 1.21. The maximum Gasteiger partial charge on any atom is 0.0190 e. The molecule has 0 spiro atoms. The number of nitrogens with zero attached hydrogens (tertiary/aromatic N) is 1. The van der Waals surface area contributed by atoms with Crippen LogP contribution < -0.4 is 0 Å². The summed E-state index contributed by atoms with van der Waals surface area (Å²) in [5.41, 5.74) is 1.55. The third-order valence-electron chi connectivity index (χ3n) is 2.24. The lowest BCUT2D eigenvalue weighted by molar-refractivity contribution is 0.286. The fraction of sp³-hybridized carbons (Fsp3) is 0.800. The van der Waals surface area contributed by atoms with Gasteiger partial charge in [-0.25, -0.2) is 0 Å². The minimum absolute atomic E-state index is 1.21. The molecule has 0 saturated heterocycles. The minimum Gasteiger partial charge on any atom is -0.299 e. The lowest BCUT2D eigenvalue weighted by Gasteiger charge is -2.25. The molecule has 1 aliphatic rings. The van der Waals surface area contributed by atoms with E-state index in [4.69, 9.17) is 0 Å². The van der Waals surface area contributed by atoms with E-state index < -0.39 is 0 Å². The summed E-state index contributed by atoms with van der Waals surface area (Å²) in [6.07, 6.45) is 6.30. The first-order chi connectivity index (χ1) is 5.33. The largest absolute Gasteiger partial charge is 0.299 e. The zero-order valence-corrected chi connectivity index (χ0v) is 7.77. The van der Waals surface area contributed by atoms with Crippen molar-refractivity contribution < 1.29 is 0 Å². The van der Waals surface area contributed by atoms with Gasteiger partial charge in [-0.1, -0.05) is 25.0 Å². The summed E-state index contributed by atoms with van der Waals surface area (Å²) < 4.78 is 0. The van der Waals surface area contributed by atoms with E-state index in [2.05, 4.69) is 24.8 Å². The number of rotatable bonds is 3. The Kier molecular flexibility index (Phi) is 3.64. The second kappa shape index (κ2) is 4.55. The van der Waals surface area contributed by atoms with E-state index in [1.54, 1.807) is 5.57 Å². The van der Waals surface area contributed by atoms with Crippen molar-refractivity contribution in [2.45, 2.75) is 33.1 Å². The monoisotopic (exact) mass is 153 g/mol. The van der Waals surface area contributed by atoms with Crippen LogP contribution in [0.4, 0.5) is 0 Å². The van der Waals surface area contributed by atoms with Crippen molar-refractivity contribution in [3.8, 4) is 0 Å². The highest BCUT2D eigenvalue weighted by molar-refractivity contribution is 5.04. The van der Waals surface area contributed by atoms with Gasteiger partial charge in [0, 0.05) is 13.1 Å². The molecule has 0 N–H and O–H groups in total. The average Bonchev–Trinajstić information content (AvgIpc) is 2.01. The van der Waals surface area contributed by atoms with Crippen molar-refractivity contribution in [1.82, 2.24) is 4.90 Å². The van der Waals surface area contributed by atoms with Crippen molar-refractivity contribution in [3.05, 3.63) is 11.6 Å². The smallest absolute Gasteiger partial charge is 0.0190 e. The highest BCUT2D eigenvalue weighted by Gasteiger charge is 2.07. The lowest BCUT2D eigenvalue weighted by atomic mass is 10.1. The van der Waals surface area contributed by atoms with Gasteiger partial charge in [0.1, 0.15) is 0 Å². The Bertz CT molecular complexity index is 138. The summed E-state index contributed by atoms with van der Waals surface area (Å²) in [5, 5.41) is 0. The van der Waals surface area contributed by atoms with Crippen molar-refractivity contribution in [3.63, 3.8) is 0 Å². The van der Waals surface area contributed by atoms with Crippen LogP contribution >= 0.6 is 0 Å². The van der Waals surface area contributed by atoms with E-state index in [1.807, 2.05) is 0 Å². The molecule has 1 heteroatoms. The number of hydrogen-bond donors (Lipinski definition) is 0. The zero-order chi connectivity index (χ0) is 8.10. The molecular weight excluding hydrogens is 134 g/mol. The Morgan fingerprint density at radius 2 is 2.36 bits per heavy atom. The van der Waals surface area contributed by atoms with Crippen LogP contribution in [0, 0.1) is 0 Å². The van der Waals surface area contributed by atoms with Crippen molar-refractivity contribution in [2.75, 3.05) is 19.6 Å². The molecule has 0 atom stereocenters. The molecule has 0 aliphatic carbocycles. The molecule has 0 saturated carbocycles. The molecule has 0 bridgehead atoms. The van der Waals surface area contributed by atoms with Crippen molar-refractivity contribution in [1.29, 1.82) is 0 Å². The summed E-state index contributed by atoms with van der Waals surface area (Å²) >= 11 is 0. The van der Waals surface area contributed by atoms with Gasteiger partial charge in [-0.05, 0) is 26.3 Å². The van der Waals surface area contributed by atoms with Gasteiger partial charge < -0.3 is 0 Å². The van der Waals surface area contributed by atoms with Gasteiger partial charge >= 0.3 is 0 Å². The van der Waals surface area contributed by atoms with Crippen LogP contribution in [0.25, 0.3) is 0 Å². The number of unbranched alkanes of at least 4 members (excludes halogenated alkanes) is 1. The van der Waals surface area contributed by atoms with Crippen LogP contribution in [-0.2, 0) is 0 Å². The molecule has 0 amide bonds. The second-order valence-corrected chi connectivity index (χ2v) is 3.47. The first-order valence-corrected chi connectivity index (χ1v) is 4.71. The van der Waals surface area contributed by atoms with E-state index in [0.29, 0.717) is 0 Å². The maximum atomic E-state index is 2.55. The summed E-state index contributed by atoms with van der Waals surface area (Å²) in [7, 11) is 0. The first-order valence-electron chi connectivity index (χ1n) is 4.71. The SMILES string of the molecule is CCCCN1CCC=C(C)C1. The average molecular weight is 153 g/mol. The molecule has 0 aromatic heterocycles. The molecule has 0 aromatic carbocycles. The highest BCUT2D eigenvalue weighted by Crippen LogP contribution is 2.08. The summed E-state index contributed by atoms with van der Waals surface area (Å²) in [6.45, 7) is 8.27. The molecule has 1 nitrogen and oxygen atoms in total. The van der Waals surface area contributed by atoms with E-state index in [-0.39, 0.29) is 0 Å². The Morgan fingerprint density at radius 1 is 1.55 bits per heavy atom. The Morgan fingerprint density at radius 3 is 3.00 bits per heavy atom. The normalized spacial score (nSPS) is 20.0. The topological polar surface area (TPSA) is 3.24 Å². The molecule has 0 fully saturated rings. The predicted molar refractivity (Wildman–Crippen MR) is 49.7 cm³/mol. The van der Waals surface area contributed by atoms with Gasteiger partial charge in [-0.2, -0.15) is 0 Å². The van der Waals surface area contributed by atoms with Crippen molar-refractivity contribution in [2.24, 2.45) is 0 Å². The standard InChI is InChI=1S/C10H19N/c1-3-4-7-11-8-5-6-10(2)9-11/h6H,3-5,7-9H2,1-2H3. The van der Waals surface area contributed by atoms with Gasteiger partial charge in [0.05, 0.1) is 0 Å². The van der Waals surface area contributed by atoms with Crippen LogP contribution in [-0.4, -0.2) is 24.5 Å². The zero-order valence-electron chi connectivity index (χ0n) is 7.77. The summed E-state index contributed by atoms with van der Waals surface area (Å²) in [6, 6.07) is 0. The predicted octanol–water partition coefficient (Wildman–Crippen LogP) is 2.44. The molecular formula is C10H19N. The van der Waals surface area contributed by atoms with Gasteiger partial charge in [-0.15, -0.1) is 0 Å². The third-order valence-corrected chi connectivity index (χ3v) is 2.24. The fourth-order valence-electron chi connectivity index (χ4n) is 1.56. The van der Waals surface area contributed by atoms with Gasteiger partial charge in [0.15, 0.2) is 0 Å². The van der Waals surface area contributed by atoms with Crippen LogP contribution in [0.3, 0.4) is 0 Å². The highest BCUT2D eigenvalue weighted by atomic mass is 15.1. The van der Waals surface area contributed by atoms with Crippen LogP contribution in [0.2, 0.25) is 0 Å². The van der Waals surface area contributed by atoms with Gasteiger partial charge in [0.2, 0.25) is 0 Å². The summed E-state index contributed by atoms with van der Waals surface area (Å²) in [5.74, 6) is 0. The molecule has 0 radical (unpaired) electrons. The molecule has 1 rings (SSSR count). The Hall–Kier alpha value is -0.300. The quantitative estimate of drug-likeness (QED) is 0.563. The Balaban J connectivity index is 2.21. The Labute approximate surface area is 70.1 Å². The molecule has 1 aliphatic heterocycles. The van der Waals surface area contributed by atoms with Gasteiger partial charge in [-0.3, -0.25) is 4.90 Å². The van der Waals surface area contributed by atoms with E-state index in [1.165, 1.54) is 38.9 Å². The first kappa shape index (κ1) is 8.79. The van der Waals surface area contributed by atoms with Crippen LogP contribution in [0.5, 0.6) is 0 Å². The van der Waals surface area contributed by atoms with E-state index in [0.717, 1.165) is 0 Å². The van der Waals surface area contributed by atoms with Gasteiger partial charge in [0.25, 0.3) is 0 Å². The van der Waals surface area contributed by atoms with E-state index in [9.17, 15) is 0 Å². The third kappa shape index (κ3) is 3.06. The molecule has 11 heavy (non-hydrogen) atoms. The maximum absolute atomic E-state index is 2.55. The molecule has 1 heterocycles. The molecule has 0 aromatic rings. The second-order valence-electron chi connectivity index (χ2n) is 3.47. The van der Waals surface area contributed by atoms with Crippen LogP contribution in [0.1, 0.15) is 33.1 Å². The fourth-order valence-corrected chi connectivity index (χ4v) is 1.56. The van der Waals surface area contributed by atoms with Crippen molar-refractivity contribution >= 4 is 0 Å².